The summed E-state index contributed by atoms with van der Waals surface area (Å²) >= 11 is 0. The lowest BCUT2D eigenvalue weighted by molar-refractivity contribution is -0.132. The molecule has 1 aromatic carbocycles. The number of anilines is 1. The largest absolute Gasteiger partial charge is 0.496 e. The third-order valence-corrected chi connectivity index (χ3v) is 5.27. The molecule has 0 saturated carbocycles. The molecule has 0 bridgehead atoms. The van der Waals surface area contributed by atoms with Crippen molar-refractivity contribution in [3.05, 3.63) is 23.8 Å². The predicted octanol–water partition coefficient (Wildman–Crippen LogP) is 1.03. The van der Waals surface area contributed by atoms with Crippen molar-refractivity contribution in [1.82, 2.24) is 15.5 Å². The standard InChI is InChI=1S/C19H26N4O4/c1-12-11-22(17(24)8-7-14-18(25)21-19(26)20-14)9-10-23(12)15-5-4-6-16(27-3)13(15)2/h4-6,12,14H,7-11H2,1-3H3,(H2,20,21,25,26)/t12-,14+/m0/s1. The van der Waals surface area contributed by atoms with Crippen LogP contribution in [0.4, 0.5) is 10.5 Å². The summed E-state index contributed by atoms with van der Waals surface area (Å²) in [7, 11) is 1.67. The van der Waals surface area contributed by atoms with Crippen molar-refractivity contribution < 1.29 is 19.1 Å². The fourth-order valence-corrected chi connectivity index (χ4v) is 3.77. The van der Waals surface area contributed by atoms with Crippen molar-refractivity contribution >= 4 is 23.5 Å². The topological polar surface area (TPSA) is 91.0 Å². The van der Waals surface area contributed by atoms with Gasteiger partial charge >= 0.3 is 6.03 Å². The number of nitrogens with zero attached hydrogens (tertiary/aromatic N) is 2. The average Bonchev–Trinajstić information content (AvgIpc) is 2.97. The molecule has 4 amide bonds. The monoisotopic (exact) mass is 374 g/mol. The van der Waals surface area contributed by atoms with Crippen molar-refractivity contribution in [2.75, 3.05) is 31.6 Å². The lowest BCUT2D eigenvalue weighted by atomic mass is 10.1. The summed E-state index contributed by atoms with van der Waals surface area (Å²) in [4.78, 5) is 39.4. The molecule has 8 heteroatoms. The highest BCUT2D eigenvalue weighted by Gasteiger charge is 2.32. The van der Waals surface area contributed by atoms with E-state index in [0.29, 0.717) is 19.5 Å². The van der Waals surface area contributed by atoms with Crippen LogP contribution in [0.15, 0.2) is 18.2 Å². The number of ether oxygens (including phenoxy) is 1. The summed E-state index contributed by atoms with van der Waals surface area (Å²) in [5, 5.41) is 4.71. The molecule has 2 aliphatic rings. The summed E-state index contributed by atoms with van der Waals surface area (Å²) in [6, 6.07) is 5.07. The van der Waals surface area contributed by atoms with Gasteiger partial charge in [0.25, 0.3) is 5.91 Å². The fraction of sp³-hybridized carbons (Fsp3) is 0.526. The Morgan fingerprint density at radius 1 is 1.30 bits per heavy atom. The van der Waals surface area contributed by atoms with Crippen LogP contribution in [0.1, 0.15) is 25.3 Å². The molecule has 0 unspecified atom stereocenters. The van der Waals surface area contributed by atoms with Gasteiger partial charge in [-0.15, -0.1) is 0 Å². The zero-order valence-electron chi connectivity index (χ0n) is 15.9. The molecule has 0 radical (unpaired) electrons. The number of urea groups is 1. The number of nitrogens with one attached hydrogen (secondary N) is 2. The highest BCUT2D eigenvalue weighted by molar-refractivity contribution is 6.04. The van der Waals surface area contributed by atoms with Crippen LogP contribution in [0.5, 0.6) is 5.75 Å². The van der Waals surface area contributed by atoms with E-state index < -0.39 is 12.1 Å². The van der Waals surface area contributed by atoms with Gasteiger partial charge in [-0.05, 0) is 32.4 Å². The molecule has 2 atom stereocenters. The Morgan fingerprint density at radius 2 is 2.07 bits per heavy atom. The fourth-order valence-electron chi connectivity index (χ4n) is 3.77. The first-order valence-corrected chi connectivity index (χ1v) is 9.20. The minimum Gasteiger partial charge on any atom is -0.496 e. The Morgan fingerprint density at radius 3 is 2.70 bits per heavy atom. The number of hydrogen-bond donors (Lipinski definition) is 2. The summed E-state index contributed by atoms with van der Waals surface area (Å²) < 4.78 is 5.41. The van der Waals surface area contributed by atoms with Crippen molar-refractivity contribution in [3.8, 4) is 5.75 Å². The van der Waals surface area contributed by atoms with Gasteiger partial charge in [-0.2, -0.15) is 0 Å². The van der Waals surface area contributed by atoms with E-state index >= 15 is 0 Å². The van der Waals surface area contributed by atoms with Crippen molar-refractivity contribution in [2.24, 2.45) is 0 Å². The van der Waals surface area contributed by atoms with Gasteiger partial charge in [0.15, 0.2) is 0 Å². The molecule has 2 saturated heterocycles. The lowest BCUT2D eigenvalue weighted by Crippen LogP contribution is -2.54. The number of carbonyl (C=O) groups excluding carboxylic acids is 3. The van der Waals surface area contributed by atoms with Crippen LogP contribution in [0, 0.1) is 6.92 Å². The van der Waals surface area contributed by atoms with Crippen molar-refractivity contribution in [2.45, 2.75) is 38.8 Å². The first kappa shape index (κ1) is 19.0. The summed E-state index contributed by atoms with van der Waals surface area (Å²) in [6.45, 7) is 6.13. The maximum Gasteiger partial charge on any atom is 0.322 e. The molecule has 2 fully saturated rings. The molecule has 146 valence electrons. The molecule has 0 aliphatic carbocycles. The van der Waals surface area contributed by atoms with Crippen LogP contribution in [0.2, 0.25) is 0 Å². The van der Waals surface area contributed by atoms with Gasteiger partial charge in [0.1, 0.15) is 11.8 Å². The third kappa shape index (κ3) is 3.99. The van der Waals surface area contributed by atoms with Crippen LogP contribution >= 0.6 is 0 Å². The minimum absolute atomic E-state index is 0.0119. The van der Waals surface area contributed by atoms with Gasteiger partial charge in [0.2, 0.25) is 5.91 Å². The van der Waals surface area contributed by atoms with E-state index in [9.17, 15) is 14.4 Å². The Bertz CT molecular complexity index is 751. The van der Waals surface area contributed by atoms with Gasteiger partial charge in [-0.1, -0.05) is 6.07 Å². The van der Waals surface area contributed by atoms with Crippen LogP contribution in [0.3, 0.4) is 0 Å². The number of rotatable bonds is 5. The van der Waals surface area contributed by atoms with Crippen molar-refractivity contribution in [1.29, 1.82) is 0 Å². The van der Waals surface area contributed by atoms with E-state index in [1.807, 2.05) is 24.0 Å². The van der Waals surface area contributed by atoms with Crippen LogP contribution in [0.25, 0.3) is 0 Å². The van der Waals surface area contributed by atoms with E-state index in [0.717, 1.165) is 23.5 Å². The summed E-state index contributed by atoms with van der Waals surface area (Å²) in [5.41, 5.74) is 2.22. The summed E-state index contributed by atoms with van der Waals surface area (Å²) in [6.07, 6.45) is 0.559. The third-order valence-electron chi connectivity index (χ3n) is 5.27. The van der Waals surface area contributed by atoms with E-state index in [1.54, 1.807) is 7.11 Å². The molecule has 27 heavy (non-hydrogen) atoms. The second-order valence-electron chi connectivity index (χ2n) is 7.04. The van der Waals surface area contributed by atoms with E-state index in [4.69, 9.17) is 4.74 Å². The Balaban J connectivity index is 1.57. The number of methoxy groups -OCH3 is 1. The molecule has 2 heterocycles. The molecular weight excluding hydrogens is 348 g/mol. The molecule has 8 nitrogen and oxygen atoms in total. The number of imide groups is 1. The molecular formula is C19H26N4O4. The van der Waals surface area contributed by atoms with Crippen molar-refractivity contribution in [3.63, 3.8) is 0 Å². The number of amides is 4. The number of piperazine rings is 1. The van der Waals surface area contributed by atoms with E-state index in [-0.39, 0.29) is 24.3 Å². The smallest absolute Gasteiger partial charge is 0.322 e. The molecule has 2 N–H and O–H groups in total. The molecule has 0 spiro atoms. The second kappa shape index (κ2) is 7.85. The van der Waals surface area contributed by atoms with Gasteiger partial charge in [-0.25, -0.2) is 4.79 Å². The first-order valence-electron chi connectivity index (χ1n) is 9.20. The first-order chi connectivity index (χ1) is 12.9. The predicted molar refractivity (Wildman–Crippen MR) is 101 cm³/mol. The molecule has 0 aromatic heterocycles. The SMILES string of the molecule is COc1cccc(N2CCN(C(=O)CC[C@H]3NC(=O)NC3=O)C[C@@H]2C)c1C. The number of benzene rings is 1. The molecule has 3 rings (SSSR count). The van der Waals surface area contributed by atoms with E-state index in [2.05, 4.69) is 28.5 Å². The zero-order chi connectivity index (χ0) is 19.6. The zero-order valence-corrected chi connectivity index (χ0v) is 15.9. The van der Waals surface area contributed by atoms with Gasteiger partial charge in [0, 0.05) is 43.3 Å². The van der Waals surface area contributed by atoms with Gasteiger partial charge < -0.3 is 19.9 Å². The van der Waals surface area contributed by atoms with Crippen LogP contribution < -0.4 is 20.3 Å². The van der Waals surface area contributed by atoms with Crippen LogP contribution in [-0.4, -0.2) is 61.6 Å². The lowest BCUT2D eigenvalue weighted by Gasteiger charge is -2.42. The molecule has 2 aliphatic heterocycles. The maximum atomic E-state index is 12.5. The average molecular weight is 374 g/mol. The van der Waals surface area contributed by atoms with Gasteiger partial charge in [-0.3, -0.25) is 14.9 Å². The quantitative estimate of drug-likeness (QED) is 0.751. The summed E-state index contributed by atoms with van der Waals surface area (Å²) in [5.74, 6) is 0.507. The highest BCUT2D eigenvalue weighted by atomic mass is 16.5. The Hall–Kier alpha value is -2.77. The van der Waals surface area contributed by atoms with E-state index in [1.165, 1.54) is 0 Å². The normalized spacial score (nSPS) is 22.5. The maximum absolute atomic E-state index is 12.5. The number of hydrogen-bond acceptors (Lipinski definition) is 5. The van der Waals surface area contributed by atoms with Gasteiger partial charge in [0.05, 0.1) is 7.11 Å². The second-order valence-corrected chi connectivity index (χ2v) is 7.04. The molecule has 1 aromatic rings. The highest BCUT2D eigenvalue weighted by Crippen LogP contribution is 2.30. The van der Waals surface area contributed by atoms with Crippen LogP contribution in [-0.2, 0) is 9.59 Å². The Labute approximate surface area is 158 Å². The Kier molecular flexibility index (Phi) is 5.53. The number of carbonyl (C=O) groups is 3. The minimum atomic E-state index is -0.611.